The van der Waals surface area contributed by atoms with Crippen LogP contribution in [-0.2, 0) is 6.61 Å². The third-order valence-electron chi connectivity index (χ3n) is 4.96. The second-order valence-corrected chi connectivity index (χ2v) is 8.53. The smallest absolute Gasteiger partial charge is 0.250 e. The standard InChI is InChI=1S/C21H21ClF2N2O2S/c1-27-16-10-15(28-12-13-6-3-2-4-7-13)17(22)19-18(16)26-20(29-19)25-14-8-5-9-21(23,24)11-14/h2-4,6-7,10,14H,5,8-9,11-12H2,1H3,(H,25,26). The van der Waals surface area contributed by atoms with Gasteiger partial charge in [-0.25, -0.2) is 13.8 Å². The molecule has 1 fully saturated rings. The Morgan fingerprint density at radius 1 is 1.28 bits per heavy atom. The Kier molecular flexibility index (Phi) is 5.79. The number of ether oxygens (including phenoxy) is 2. The molecule has 0 saturated heterocycles. The van der Waals surface area contributed by atoms with Crippen LogP contribution in [0.1, 0.15) is 31.2 Å². The molecule has 1 N–H and O–H groups in total. The van der Waals surface area contributed by atoms with Gasteiger partial charge < -0.3 is 14.8 Å². The number of halogens is 3. The van der Waals surface area contributed by atoms with Gasteiger partial charge in [0.1, 0.15) is 28.6 Å². The Balaban J connectivity index is 1.58. The zero-order valence-corrected chi connectivity index (χ0v) is 17.5. The van der Waals surface area contributed by atoms with Crippen molar-refractivity contribution in [3.63, 3.8) is 0 Å². The highest BCUT2D eigenvalue weighted by molar-refractivity contribution is 7.22. The summed E-state index contributed by atoms with van der Waals surface area (Å²) in [5, 5.41) is 4.15. The van der Waals surface area contributed by atoms with Crippen LogP contribution in [0.3, 0.4) is 0 Å². The maximum atomic E-state index is 13.7. The fourth-order valence-electron chi connectivity index (χ4n) is 3.53. The van der Waals surface area contributed by atoms with Crippen LogP contribution >= 0.6 is 22.9 Å². The van der Waals surface area contributed by atoms with E-state index >= 15 is 0 Å². The van der Waals surface area contributed by atoms with E-state index in [-0.39, 0.29) is 18.9 Å². The lowest BCUT2D eigenvalue weighted by molar-refractivity contribution is -0.0373. The van der Waals surface area contributed by atoms with Gasteiger partial charge in [0, 0.05) is 24.9 Å². The molecule has 4 rings (SSSR count). The highest BCUT2D eigenvalue weighted by Gasteiger charge is 2.36. The maximum Gasteiger partial charge on any atom is 0.250 e. The SMILES string of the molecule is COc1cc(OCc2ccccc2)c(Cl)c2sc(NC3CCCC(F)(F)C3)nc12. The molecular weight excluding hydrogens is 418 g/mol. The lowest BCUT2D eigenvalue weighted by atomic mass is 9.92. The van der Waals surface area contributed by atoms with E-state index in [0.717, 1.165) is 5.56 Å². The quantitative estimate of drug-likeness (QED) is 0.475. The molecule has 1 atom stereocenters. The number of nitrogens with one attached hydrogen (secondary N) is 1. The first-order valence-corrected chi connectivity index (χ1v) is 10.6. The van der Waals surface area contributed by atoms with Gasteiger partial charge >= 0.3 is 0 Å². The number of hydrogen-bond acceptors (Lipinski definition) is 5. The molecule has 29 heavy (non-hydrogen) atoms. The predicted molar refractivity (Wildman–Crippen MR) is 113 cm³/mol. The van der Waals surface area contributed by atoms with Crippen LogP contribution in [-0.4, -0.2) is 24.1 Å². The third-order valence-corrected chi connectivity index (χ3v) is 6.45. The minimum absolute atomic E-state index is 0.0488. The number of thiazole rings is 1. The van der Waals surface area contributed by atoms with Crippen molar-refractivity contribution in [2.45, 2.75) is 44.3 Å². The Labute approximate surface area is 176 Å². The molecule has 1 aliphatic carbocycles. The average molecular weight is 439 g/mol. The van der Waals surface area contributed by atoms with E-state index in [1.54, 1.807) is 13.2 Å². The molecule has 0 amide bonds. The topological polar surface area (TPSA) is 43.4 Å². The van der Waals surface area contributed by atoms with E-state index < -0.39 is 5.92 Å². The summed E-state index contributed by atoms with van der Waals surface area (Å²) in [5.41, 5.74) is 1.62. The molecule has 0 aliphatic heterocycles. The zero-order chi connectivity index (χ0) is 20.4. The van der Waals surface area contributed by atoms with Crippen molar-refractivity contribution in [1.82, 2.24) is 4.98 Å². The van der Waals surface area contributed by atoms with Crippen LogP contribution in [0.5, 0.6) is 11.5 Å². The van der Waals surface area contributed by atoms with Gasteiger partial charge in [-0.2, -0.15) is 0 Å². The fourth-order valence-corrected chi connectivity index (χ4v) is 4.83. The molecule has 3 aromatic rings. The molecular formula is C21H21ClF2N2O2S. The molecule has 0 bridgehead atoms. The summed E-state index contributed by atoms with van der Waals surface area (Å²) in [6.07, 6.45) is 0.963. The molecule has 1 aromatic heterocycles. The van der Waals surface area contributed by atoms with E-state index in [2.05, 4.69) is 10.3 Å². The third kappa shape index (κ3) is 4.56. The molecule has 1 unspecified atom stereocenters. The Morgan fingerprint density at radius 2 is 2.07 bits per heavy atom. The van der Waals surface area contributed by atoms with Crippen molar-refractivity contribution >= 4 is 38.3 Å². The monoisotopic (exact) mass is 438 g/mol. The molecule has 2 aromatic carbocycles. The minimum Gasteiger partial charge on any atom is -0.494 e. The number of fused-ring (bicyclic) bond motifs is 1. The summed E-state index contributed by atoms with van der Waals surface area (Å²) in [6.45, 7) is 0.371. The lowest BCUT2D eigenvalue weighted by Gasteiger charge is -2.29. The van der Waals surface area contributed by atoms with E-state index in [1.165, 1.54) is 11.3 Å². The van der Waals surface area contributed by atoms with E-state index in [4.69, 9.17) is 21.1 Å². The number of alkyl halides is 2. The van der Waals surface area contributed by atoms with Crippen LogP contribution in [0.2, 0.25) is 5.02 Å². The van der Waals surface area contributed by atoms with E-state index in [9.17, 15) is 8.78 Å². The average Bonchev–Trinajstić information content (AvgIpc) is 3.12. The van der Waals surface area contributed by atoms with Gasteiger partial charge in [0.05, 0.1) is 11.8 Å². The van der Waals surface area contributed by atoms with Gasteiger partial charge in [0.2, 0.25) is 5.92 Å². The van der Waals surface area contributed by atoms with Crippen molar-refractivity contribution in [2.24, 2.45) is 0 Å². The van der Waals surface area contributed by atoms with Gasteiger partial charge in [-0.1, -0.05) is 53.3 Å². The molecule has 1 saturated carbocycles. The van der Waals surface area contributed by atoms with Crippen LogP contribution in [0, 0.1) is 0 Å². The van der Waals surface area contributed by atoms with Crippen molar-refractivity contribution in [1.29, 1.82) is 0 Å². The number of hydrogen-bond donors (Lipinski definition) is 1. The Bertz CT molecular complexity index is 997. The summed E-state index contributed by atoms with van der Waals surface area (Å²) >= 11 is 7.90. The molecule has 4 nitrogen and oxygen atoms in total. The molecule has 0 spiro atoms. The minimum atomic E-state index is -2.62. The van der Waals surface area contributed by atoms with Crippen molar-refractivity contribution in [3.8, 4) is 11.5 Å². The molecule has 154 valence electrons. The van der Waals surface area contributed by atoms with Crippen LogP contribution < -0.4 is 14.8 Å². The lowest BCUT2D eigenvalue weighted by Crippen LogP contribution is -2.34. The first-order chi connectivity index (χ1) is 13.9. The number of benzene rings is 2. The molecule has 0 radical (unpaired) electrons. The normalized spacial score (nSPS) is 18.6. The van der Waals surface area contributed by atoms with Crippen LogP contribution in [0.25, 0.3) is 10.2 Å². The number of anilines is 1. The van der Waals surface area contributed by atoms with Crippen LogP contribution in [0.15, 0.2) is 36.4 Å². The van der Waals surface area contributed by atoms with Crippen molar-refractivity contribution in [3.05, 3.63) is 47.0 Å². The maximum absolute atomic E-state index is 13.7. The molecule has 1 heterocycles. The summed E-state index contributed by atoms with van der Waals surface area (Å²) in [6, 6.07) is 11.2. The van der Waals surface area contributed by atoms with Gasteiger partial charge in [0.15, 0.2) is 5.13 Å². The van der Waals surface area contributed by atoms with Gasteiger partial charge in [0.25, 0.3) is 0 Å². The largest absolute Gasteiger partial charge is 0.494 e. The summed E-state index contributed by atoms with van der Waals surface area (Å²) < 4.78 is 39.5. The second kappa shape index (κ2) is 8.32. The summed E-state index contributed by atoms with van der Waals surface area (Å²) in [4.78, 5) is 4.54. The zero-order valence-electron chi connectivity index (χ0n) is 15.9. The predicted octanol–water partition coefficient (Wildman–Crippen LogP) is 6.53. The Hall–Kier alpha value is -2.12. The second-order valence-electron chi connectivity index (χ2n) is 7.16. The number of aromatic nitrogens is 1. The van der Waals surface area contributed by atoms with Gasteiger partial charge in [-0.3, -0.25) is 0 Å². The summed E-state index contributed by atoms with van der Waals surface area (Å²) in [7, 11) is 1.55. The van der Waals surface area contributed by atoms with Crippen molar-refractivity contribution in [2.75, 3.05) is 12.4 Å². The number of nitrogens with zero attached hydrogens (tertiary/aromatic N) is 1. The molecule has 1 aliphatic rings. The number of methoxy groups -OCH3 is 1. The first-order valence-electron chi connectivity index (χ1n) is 9.43. The molecule has 8 heteroatoms. The summed E-state index contributed by atoms with van der Waals surface area (Å²) in [5.74, 6) is -1.59. The highest BCUT2D eigenvalue weighted by Crippen LogP contribution is 2.44. The van der Waals surface area contributed by atoms with E-state index in [1.807, 2.05) is 30.3 Å². The Morgan fingerprint density at radius 3 is 2.79 bits per heavy atom. The highest BCUT2D eigenvalue weighted by atomic mass is 35.5. The van der Waals surface area contributed by atoms with E-state index in [0.29, 0.717) is 51.3 Å². The van der Waals surface area contributed by atoms with Gasteiger partial charge in [-0.15, -0.1) is 0 Å². The van der Waals surface area contributed by atoms with Gasteiger partial charge in [-0.05, 0) is 18.4 Å². The fraction of sp³-hybridized carbons (Fsp3) is 0.381. The van der Waals surface area contributed by atoms with Crippen LogP contribution in [0.4, 0.5) is 13.9 Å². The number of rotatable bonds is 6. The van der Waals surface area contributed by atoms with Crippen molar-refractivity contribution < 1.29 is 18.3 Å². The first kappa shape index (κ1) is 20.2.